The van der Waals surface area contributed by atoms with Gasteiger partial charge in [-0.2, -0.15) is 0 Å². The van der Waals surface area contributed by atoms with Crippen LogP contribution in [0, 0.1) is 6.92 Å². The topological polar surface area (TPSA) is 38.3 Å². The maximum Gasteiger partial charge on any atom is 0.330 e. The molecule has 0 saturated heterocycles. The van der Waals surface area contributed by atoms with Crippen molar-refractivity contribution in [3.8, 4) is 0 Å². The first-order valence-electron chi connectivity index (χ1n) is 6.58. The summed E-state index contributed by atoms with van der Waals surface area (Å²) in [5.41, 5.74) is 1.40. The van der Waals surface area contributed by atoms with Gasteiger partial charge in [0.2, 0.25) is 0 Å². The molecule has 0 bridgehead atoms. The zero-order valence-corrected chi connectivity index (χ0v) is 11.3. The quantitative estimate of drug-likeness (QED) is 0.813. The van der Waals surface area contributed by atoms with Crippen LogP contribution in [0.3, 0.4) is 0 Å². The van der Waals surface area contributed by atoms with E-state index in [0.717, 1.165) is 24.0 Å². The van der Waals surface area contributed by atoms with Crippen LogP contribution in [0.2, 0.25) is 0 Å². The van der Waals surface area contributed by atoms with Crippen molar-refractivity contribution in [3.63, 3.8) is 0 Å². The van der Waals surface area contributed by atoms with Crippen LogP contribution in [0.25, 0.3) is 0 Å². The second kappa shape index (κ2) is 5.11. The lowest BCUT2D eigenvalue weighted by Gasteiger charge is -2.29. The van der Waals surface area contributed by atoms with E-state index in [1.54, 1.807) is 0 Å². The Morgan fingerprint density at radius 3 is 2.78 bits per heavy atom. The Kier molecular flexibility index (Phi) is 3.71. The average molecular weight is 247 g/mol. The Labute approximate surface area is 109 Å². The molecule has 1 saturated carbocycles. The number of nitrogens with one attached hydrogen (secondary N) is 1. The molecular formula is C15H21NO2. The molecule has 0 radical (unpaired) electrons. The molecule has 0 aliphatic heterocycles. The van der Waals surface area contributed by atoms with Crippen molar-refractivity contribution in [1.82, 2.24) is 5.32 Å². The molecule has 0 aromatic heterocycles. The standard InChI is InChI=1S/C15H21NO2/c1-4-18-14(17)15(3,16-13-8-9-13)12-7-5-6-11(2)10-12/h5-7,10,13,16H,4,8-9H2,1-3H3. The summed E-state index contributed by atoms with van der Waals surface area (Å²) < 4.78 is 5.23. The van der Waals surface area contributed by atoms with Crippen LogP contribution in [0.1, 0.15) is 37.8 Å². The first-order chi connectivity index (χ1) is 8.56. The Morgan fingerprint density at radius 1 is 1.50 bits per heavy atom. The summed E-state index contributed by atoms with van der Waals surface area (Å²) >= 11 is 0. The van der Waals surface area contributed by atoms with Crippen LogP contribution >= 0.6 is 0 Å². The van der Waals surface area contributed by atoms with Crippen molar-refractivity contribution in [3.05, 3.63) is 35.4 Å². The summed E-state index contributed by atoms with van der Waals surface area (Å²) in [6.07, 6.45) is 2.28. The largest absolute Gasteiger partial charge is 0.464 e. The number of esters is 1. The van der Waals surface area contributed by atoms with E-state index in [9.17, 15) is 4.79 Å². The van der Waals surface area contributed by atoms with E-state index in [2.05, 4.69) is 5.32 Å². The number of hydrogen-bond acceptors (Lipinski definition) is 3. The lowest BCUT2D eigenvalue weighted by molar-refractivity contribution is -0.151. The minimum atomic E-state index is -0.733. The van der Waals surface area contributed by atoms with Gasteiger partial charge in [0.25, 0.3) is 0 Å². The zero-order valence-electron chi connectivity index (χ0n) is 11.3. The summed E-state index contributed by atoms with van der Waals surface area (Å²) in [5, 5.41) is 3.42. The molecule has 98 valence electrons. The van der Waals surface area contributed by atoms with Crippen LogP contribution in [-0.4, -0.2) is 18.6 Å². The predicted octanol–water partition coefficient (Wildman–Crippen LogP) is 2.53. The van der Waals surface area contributed by atoms with E-state index >= 15 is 0 Å². The maximum absolute atomic E-state index is 12.3. The highest BCUT2D eigenvalue weighted by atomic mass is 16.5. The smallest absolute Gasteiger partial charge is 0.330 e. The second-order valence-electron chi connectivity index (χ2n) is 5.13. The van der Waals surface area contributed by atoms with Crippen LogP contribution < -0.4 is 5.32 Å². The fourth-order valence-corrected chi connectivity index (χ4v) is 2.13. The molecule has 2 rings (SSSR count). The number of hydrogen-bond donors (Lipinski definition) is 1. The summed E-state index contributed by atoms with van der Waals surface area (Å²) in [5.74, 6) is -0.192. The van der Waals surface area contributed by atoms with Gasteiger partial charge in [0.15, 0.2) is 0 Å². The Hall–Kier alpha value is -1.35. The molecule has 1 aliphatic carbocycles. The molecule has 1 fully saturated rings. The normalized spacial score (nSPS) is 18.2. The van der Waals surface area contributed by atoms with Gasteiger partial charge in [-0.3, -0.25) is 5.32 Å². The molecule has 0 amide bonds. The molecular weight excluding hydrogens is 226 g/mol. The van der Waals surface area contributed by atoms with Crippen LogP contribution in [0.15, 0.2) is 24.3 Å². The average Bonchev–Trinajstić information content (AvgIpc) is 3.13. The monoisotopic (exact) mass is 247 g/mol. The van der Waals surface area contributed by atoms with E-state index in [4.69, 9.17) is 4.74 Å². The summed E-state index contributed by atoms with van der Waals surface area (Å²) in [6.45, 7) is 6.20. The second-order valence-corrected chi connectivity index (χ2v) is 5.13. The first kappa shape index (κ1) is 13.1. The van der Waals surface area contributed by atoms with E-state index in [-0.39, 0.29) is 5.97 Å². The van der Waals surface area contributed by atoms with Crippen LogP contribution in [0.5, 0.6) is 0 Å². The lowest BCUT2D eigenvalue weighted by atomic mass is 9.90. The van der Waals surface area contributed by atoms with E-state index < -0.39 is 5.54 Å². The van der Waals surface area contributed by atoms with E-state index in [1.807, 2.05) is 45.0 Å². The third kappa shape index (κ3) is 2.72. The van der Waals surface area contributed by atoms with Crippen LogP contribution in [0.4, 0.5) is 0 Å². The number of rotatable bonds is 5. The van der Waals surface area contributed by atoms with Crippen molar-refractivity contribution in [1.29, 1.82) is 0 Å². The first-order valence-corrected chi connectivity index (χ1v) is 6.58. The molecule has 1 unspecified atom stereocenters. The molecule has 1 aliphatic rings. The number of carbonyl (C=O) groups excluding carboxylic acids is 1. The number of carbonyl (C=O) groups is 1. The summed E-state index contributed by atoms with van der Waals surface area (Å²) in [7, 11) is 0. The Balaban J connectivity index is 2.30. The van der Waals surface area contributed by atoms with Crippen molar-refractivity contribution in [2.24, 2.45) is 0 Å². The van der Waals surface area contributed by atoms with Gasteiger partial charge in [0.05, 0.1) is 6.61 Å². The minimum absolute atomic E-state index is 0.192. The Morgan fingerprint density at radius 2 is 2.22 bits per heavy atom. The van der Waals surface area contributed by atoms with E-state index in [1.165, 1.54) is 0 Å². The van der Waals surface area contributed by atoms with Gasteiger partial charge in [0, 0.05) is 6.04 Å². The van der Waals surface area contributed by atoms with Gasteiger partial charge in [-0.05, 0) is 39.2 Å². The molecule has 1 aromatic carbocycles. The number of ether oxygens (including phenoxy) is 1. The summed E-state index contributed by atoms with van der Waals surface area (Å²) in [6, 6.07) is 8.49. The van der Waals surface area contributed by atoms with Gasteiger partial charge in [-0.15, -0.1) is 0 Å². The van der Waals surface area contributed by atoms with Gasteiger partial charge >= 0.3 is 5.97 Å². The number of benzene rings is 1. The highest BCUT2D eigenvalue weighted by Gasteiger charge is 2.41. The third-order valence-corrected chi connectivity index (χ3v) is 3.35. The predicted molar refractivity (Wildman–Crippen MR) is 71.3 cm³/mol. The third-order valence-electron chi connectivity index (χ3n) is 3.35. The number of aryl methyl sites for hydroxylation is 1. The fourth-order valence-electron chi connectivity index (χ4n) is 2.13. The highest BCUT2D eigenvalue weighted by Crippen LogP contribution is 2.30. The van der Waals surface area contributed by atoms with Gasteiger partial charge in [-0.25, -0.2) is 4.79 Å². The van der Waals surface area contributed by atoms with Crippen molar-refractivity contribution < 1.29 is 9.53 Å². The van der Waals surface area contributed by atoms with Crippen LogP contribution in [-0.2, 0) is 15.1 Å². The SMILES string of the molecule is CCOC(=O)C(C)(NC1CC1)c1cccc(C)c1. The molecule has 1 N–H and O–H groups in total. The maximum atomic E-state index is 12.3. The van der Waals surface area contributed by atoms with Gasteiger partial charge in [-0.1, -0.05) is 29.8 Å². The zero-order chi connectivity index (χ0) is 13.2. The summed E-state index contributed by atoms with van der Waals surface area (Å²) in [4.78, 5) is 12.3. The Bertz CT molecular complexity index is 440. The molecule has 18 heavy (non-hydrogen) atoms. The van der Waals surface area contributed by atoms with Gasteiger partial charge < -0.3 is 4.74 Å². The molecule has 1 atom stereocenters. The van der Waals surface area contributed by atoms with Crippen molar-refractivity contribution in [2.75, 3.05) is 6.61 Å². The molecule has 3 nitrogen and oxygen atoms in total. The minimum Gasteiger partial charge on any atom is -0.464 e. The highest BCUT2D eigenvalue weighted by molar-refractivity contribution is 5.82. The van der Waals surface area contributed by atoms with Gasteiger partial charge in [0.1, 0.15) is 5.54 Å². The van der Waals surface area contributed by atoms with Crippen molar-refractivity contribution >= 4 is 5.97 Å². The molecule has 0 heterocycles. The fraction of sp³-hybridized carbons (Fsp3) is 0.533. The van der Waals surface area contributed by atoms with Crippen molar-refractivity contribution in [2.45, 2.75) is 45.2 Å². The molecule has 0 spiro atoms. The molecule has 3 heteroatoms. The van der Waals surface area contributed by atoms with E-state index in [0.29, 0.717) is 12.6 Å². The molecule has 1 aromatic rings. The lowest BCUT2D eigenvalue weighted by Crippen LogP contribution is -2.48.